The van der Waals surface area contributed by atoms with Gasteiger partial charge < -0.3 is 58.5 Å². The molecule has 4 aliphatic heterocycles. The third-order valence-electron chi connectivity index (χ3n) is 11.8. The summed E-state index contributed by atoms with van der Waals surface area (Å²) >= 11 is 0. The van der Waals surface area contributed by atoms with Gasteiger partial charge in [-0.25, -0.2) is 4.99 Å². The van der Waals surface area contributed by atoms with E-state index in [1.54, 1.807) is 27.7 Å². The van der Waals surface area contributed by atoms with E-state index in [4.69, 9.17) is 38.2 Å². The normalized spacial score (nSPS) is 51.0. The SMILES string of the molecule is COC1(C)CC(O[C@H]2[C@H](C)[C@@H](OC3OC(C)CC(N(C)C)C3O)[C@@]3(C)C[C@@H](C)C(=N[C@H](C)[C@@H](O)[C@](C)(O)[C@@H](C)OC(=O)[C@@H]2C)O3)OC(C)C1O. The molecule has 0 amide bonds. The maximum atomic E-state index is 14.0. The van der Waals surface area contributed by atoms with E-state index in [-0.39, 0.29) is 24.5 Å². The Morgan fingerprint density at radius 1 is 0.920 bits per heavy atom. The first-order valence-corrected chi connectivity index (χ1v) is 18.1. The number of nitrogens with zero attached hydrogens (tertiary/aromatic N) is 2. The molecule has 50 heavy (non-hydrogen) atoms. The fourth-order valence-electron chi connectivity index (χ4n) is 8.20. The maximum Gasteiger partial charge on any atom is 0.311 e. The number of carbonyl (C=O) groups excluding carboxylic acids is 1. The van der Waals surface area contributed by atoms with Crippen molar-refractivity contribution >= 4 is 11.9 Å². The van der Waals surface area contributed by atoms with Crippen LogP contribution in [-0.2, 0) is 38.0 Å². The molecular weight excluding hydrogens is 652 g/mol. The highest BCUT2D eigenvalue weighted by molar-refractivity contribution is 5.81. The van der Waals surface area contributed by atoms with Crippen molar-refractivity contribution in [3.8, 4) is 0 Å². The number of aliphatic hydroxyl groups excluding tert-OH is 3. The summed E-state index contributed by atoms with van der Waals surface area (Å²) in [5, 5.41) is 45.2. The van der Waals surface area contributed by atoms with Crippen molar-refractivity contribution in [1.29, 1.82) is 0 Å². The molecule has 0 aliphatic carbocycles. The summed E-state index contributed by atoms with van der Waals surface area (Å²) in [6.45, 7) is 17.5. The number of rotatable bonds is 6. The van der Waals surface area contributed by atoms with E-state index in [9.17, 15) is 25.2 Å². The van der Waals surface area contributed by atoms with Gasteiger partial charge in [0.05, 0.1) is 35.9 Å². The first-order valence-electron chi connectivity index (χ1n) is 18.1. The quantitative estimate of drug-likeness (QED) is 0.294. The fraction of sp³-hybridized carbons (Fsp3) is 0.944. The van der Waals surface area contributed by atoms with Crippen LogP contribution in [0, 0.1) is 17.8 Å². The van der Waals surface area contributed by atoms with Gasteiger partial charge in [0.2, 0.25) is 0 Å². The zero-order valence-electron chi connectivity index (χ0n) is 32.2. The molecule has 14 heteroatoms. The predicted molar refractivity (Wildman–Crippen MR) is 183 cm³/mol. The summed E-state index contributed by atoms with van der Waals surface area (Å²) in [4.78, 5) is 20.7. The summed E-state index contributed by atoms with van der Waals surface area (Å²) < 4.78 is 44.2. The van der Waals surface area contributed by atoms with Crippen molar-refractivity contribution < 1.29 is 58.4 Å². The summed E-state index contributed by atoms with van der Waals surface area (Å²) in [5.41, 5.74) is -3.91. The van der Waals surface area contributed by atoms with Crippen LogP contribution in [0.25, 0.3) is 0 Å². The Balaban J connectivity index is 1.83. The highest BCUT2D eigenvalue weighted by Gasteiger charge is 2.56. The lowest BCUT2D eigenvalue weighted by molar-refractivity contribution is -0.315. The first-order chi connectivity index (χ1) is 23.1. The van der Waals surface area contributed by atoms with Gasteiger partial charge in [0.25, 0.3) is 0 Å². The fourth-order valence-corrected chi connectivity index (χ4v) is 8.20. The number of fused-ring (bicyclic) bond motifs is 2. The summed E-state index contributed by atoms with van der Waals surface area (Å²) in [7, 11) is 5.32. The molecule has 0 aromatic carbocycles. The van der Waals surface area contributed by atoms with Crippen LogP contribution in [0.3, 0.4) is 0 Å². The Kier molecular flexibility index (Phi) is 12.8. The molecular formula is C36H64N2O12. The molecule has 4 rings (SSSR count). The number of ether oxygens (including phenoxy) is 7. The van der Waals surface area contributed by atoms with Crippen molar-refractivity contribution in [2.24, 2.45) is 22.7 Å². The van der Waals surface area contributed by atoms with Gasteiger partial charge in [0.15, 0.2) is 18.5 Å². The molecule has 290 valence electrons. The topological polar surface area (TPSA) is 178 Å². The number of hydrogen-bond donors (Lipinski definition) is 4. The molecule has 3 fully saturated rings. The van der Waals surface area contributed by atoms with E-state index in [0.29, 0.717) is 18.7 Å². The van der Waals surface area contributed by atoms with Gasteiger partial charge in [0, 0.05) is 37.8 Å². The molecule has 14 nitrogen and oxygen atoms in total. The zero-order chi connectivity index (χ0) is 37.7. The van der Waals surface area contributed by atoms with Gasteiger partial charge in [-0.2, -0.15) is 0 Å². The summed E-state index contributed by atoms with van der Waals surface area (Å²) in [6, 6.07) is -1.04. The van der Waals surface area contributed by atoms with E-state index in [2.05, 4.69) is 0 Å². The predicted octanol–water partition coefficient (Wildman–Crippen LogP) is 2.02. The minimum absolute atomic E-state index is 0.162. The number of methoxy groups -OCH3 is 1. The standard InChI is InChI=1S/C36H64N2O12/c1-17-15-35(9)30(49-33-26(39)24(38(11)12)14-18(2)45-33)19(3)27(48-25-16-34(8,44-13)29(41)22(6)46-25)20(4)32(42)47-23(7)36(10,43)28(40)21(5)37-31(17)50-35/h17-30,33,39-41,43H,14-16H2,1-13H3/t17-,18?,19+,20-,21-,22?,23-,24?,25?,26?,27+,28-,29?,30-,33?,34?,35-,36-/m1/s1. The molecule has 8 unspecified atom stereocenters. The second-order valence-corrected chi connectivity index (χ2v) is 16.3. The largest absolute Gasteiger partial charge is 0.472 e. The molecule has 4 N–H and O–H groups in total. The average molecular weight is 717 g/mol. The molecule has 18 atom stereocenters. The van der Waals surface area contributed by atoms with Crippen LogP contribution >= 0.6 is 0 Å². The molecule has 3 saturated heterocycles. The smallest absolute Gasteiger partial charge is 0.311 e. The lowest BCUT2D eigenvalue weighted by Gasteiger charge is -2.48. The lowest BCUT2D eigenvalue weighted by Crippen LogP contribution is -2.60. The Morgan fingerprint density at radius 3 is 2.16 bits per heavy atom. The van der Waals surface area contributed by atoms with Crippen molar-refractivity contribution in [1.82, 2.24) is 4.90 Å². The van der Waals surface area contributed by atoms with Crippen LogP contribution in [0.5, 0.6) is 0 Å². The molecule has 0 spiro atoms. The van der Waals surface area contributed by atoms with Crippen molar-refractivity contribution in [3.63, 3.8) is 0 Å². The van der Waals surface area contributed by atoms with Gasteiger partial charge in [-0.1, -0.05) is 13.8 Å². The maximum absolute atomic E-state index is 14.0. The van der Waals surface area contributed by atoms with Gasteiger partial charge in [-0.3, -0.25) is 4.79 Å². The summed E-state index contributed by atoms with van der Waals surface area (Å²) in [5.74, 6) is -2.06. The van der Waals surface area contributed by atoms with E-state index in [0.717, 1.165) is 0 Å². The van der Waals surface area contributed by atoms with Crippen LogP contribution in [0.1, 0.15) is 88.5 Å². The molecule has 2 bridgehead atoms. The molecule has 4 aliphatic rings. The minimum Gasteiger partial charge on any atom is -0.472 e. The zero-order valence-corrected chi connectivity index (χ0v) is 32.2. The van der Waals surface area contributed by atoms with Crippen LogP contribution in [-0.4, -0.2) is 149 Å². The van der Waals surface area contributed by atoms with Crippen LogP contribution < -0.4 is 0 Å². The third-order valence-corrected chi connectivity index (χ3v) is 11.8. The number of carbonyl (C=O) groups is 1. The van der Waals surface area contributed by atoms with E-state index >= 15 is 0 Å². The molecule has 0 radical (unpaired) electrons. The van der Waals surface area contributed by atoms with Crippen LogP contribution in [0.4, 0.5) is 0 Å². The van der Waals surface area contributed by atoms with Crippen molar-refractivity contribution in [2.45, 2.75) is 179 Å². The monoisotopic (exact) mass is 716 g/mol. The van der Waals surface area contributed by atoms with E-state index in [1.807, 2.05) is 46.7 Å². The molecule has 4 heterocycles. The van der Waals surface area contributed by atoms with E-state index in [1.165, 1.54) is 21.0 Å². The minimum atomic E-state index is -1.85. The van der Waals surface area contributed by atoms with E-state index < -0.39 is 96.0 Å². The number of aliphatic imine (C=N–C) groups is 1. The molecule has 0 aromatic rings. The second-order valence-electron chi connectivity index (χ2n) is 16.3. The first kappa shape index (κ1) is 41.3. The number of aliphatic hydroxyl groups is 4. The Bertz CT molecular complexity index is 1200. The Hall–Kier alpha value is -1.46. The molecule has 0 saturated carbocycles. The third kappa shape index (κ3) is 8.19. The number of likely N-dealkylation sites (N-methyl/N-ethyl adjacent to an activating group) is 1. The van der Waals surface area contributed by atoms with Crippen LogP contribution in [0.15, 0.2) is 4.99 Å². The van der Waals surface area contributed by atoms with Crippen molar-refractivity contribution in [3.05, 3.63) is 0 Å². The highest BCUT2D eigenvalue weighted by Crippen LogP contribution is 2.44. The number of hydrogen-bond acceptors (Lipinski definition) is 14. The van der Waals surface area contributed by atoms with Crippen molar-refractivity contribution in [2.75, 3.05) is 21.2 Å². The molecule has 0 aromatic heterocycles. The van der Waals surface area contributed by atoms with Gasteiger partial charge in [-0.05, 0) is 75.9 Å². The summed E-state index contributed by atoms with van der Waals surface area (Å²) in [6.07, 6.45) is -7.81. The van der Waals surface area contributed by atoms with Gasteiger partial charge >= 0.3 is 5.97 Å². The average Bonchev–Trinajstić information content (AvgIpc) is 3.33. The Morgan fingerprint density at radius 2 is 1.56 bits per heavy atom. The number of cyclic esters (lactones) is 1. The Labute approximate surface area is 297 Å². The van der Waals surface area contributed by atoms with Crippen LogP contribution in [0.2, 0.25) is 0 Å². The lowest BCUT2D eigenvalue weighted by atomic mass is 9.79. The van der Waals surface area contributed by atoms with Gasteiger partial charge in [0.1, 0.15) is 41.7 Å². The number of esters is 1. The highest BCUT2D eigenvalue weighted by atomic mass is 16.7. The second kappa shape index (κ2) is 15.5. The van der Waals surface area contributed by atoms with Gasteiger partial charge in [-0.15, -0.1) is 0 Å².